The molecule has 2 rings (SSSR count). The molecule has 0 atom stereocenters. The van der Waals surface area contributed by atoms with E-state index >= 15 is 0 Å². The van der Waals surface area contributed by atoms with E-state index in [-0.39, 0.29) is 13.1 Å². The molecule has 0 amide bonds. The fourth-order valence-electron chi connectivity index (χ4n) is 3.77. The van der Waals surface area contributed by atoms with Crippen LogP contribution in [0.25, 0.3) is 0 Å². The lowest BCUT2D eigenvalue weighted by atomic mass is 10.2. The van der Waals surface area contributed by atoms with Crippen LogP contribution in [0.15, 0.2) is 29.3 Å². The smallest absolute Gasteiger partial charge is 0.317 e. The number of rotatable bonds is 7. The zero-order valence-corrected chi connectivity index (χ0v) is 19.2. The van der Waals surface area contributed by atoms with Crippen LogP contribution in [0, 0.1) is 0 Å². The summed E-state index contributed by atoms with van der Waals surface area (Å²) in [7, 11) is 0. The molecule has 1 fully saturated rings. The number of carbonyl (C=O) groups is 2. The Morgan fingerprint density at radius 3 is 2.12 bits per heavy atom. The summed E-state index contributed by atoms with van der Waals surface area (Å²) in [5.74, 6) is -1.63. The van der Waals surface area contributed by atoms with Gasteiger partial charge < -0.3 is 15.5 Å². The average Bonchev–Trinajstić information content (AvgIpc) is 2.74. The van der Waals surface area contributed by atoms with Crippen LogP contribution in [0.2, 0.25) is 0 Å². The number of isothiocyanates is 1. The predicted octanol–water partition coefficient (Wildman–Crippen LogP) is 1.38. The molecule has 1 aromatic rings. The number of nitrogens with one attached hydrogen (secondary N) is 1. The van der Waals surface area contributed by atoms with Gasteiger partial charge in [0, 0.05) is 39.3 Å². The Bertz CT molecular complexity index is 770. The van der Waals surface area contributed by atoms with E-state index < -0.39 is 11.9 Å². The second kappa shape index (κ2) is 14.8. The number of thiocarbonyl (C=S) groups is 1. The van der Waals surface area contributed by atoms with Gasteiger partial charge in [-0.1, -0.05) is 12.1 Å². The maximum absolute atomic E-state index is 11.3. The molecule has 1 aliphatic heterocycles. The van der Waals surface area contributed by atoms with Crippen LogP contribution in [-0.2, 0) is 16.1 Å². The molecule has 1 aliphatic rings. The Hall–Kier alpha value is -2.20. The van der Waals surface area contributed by atoms with E-state index in [4.69, 9.17) is 0 Å². The first-order valence-electron chi connectivity index (χ1n) is 10.9. The molecule has 3 N–H and O–H groups in total. The summed E-state index contributed by atoms with van der Waals surface area (Å²) in [4.78, 5) is 32.7. The largest absolute Gasteiger partial charge is 0.480 e. The van der Waals surface area contributed by atoms with Crippen LogP contribution in [0.1, 0.15) is 18.4 Å². The van der Waals surface area contributed by atoms with E-state index in [1.165, 1.54) is 0 Å². The van der Waals surface area contributed by atoms with Crippen molar-refractivity contribution in [3.05, 3.63) is 29.8 Å². The van der Waals surface area contributed by atoms with E-state index in [1.54, 1.807) is 0 Å². The van der Waals surface area contributed by atoms with Crippen LogP contribution in [0.3, 0.4) is 0 Å². The van der Waals surface area contributed by atoms with Crippen molar-refractivity contribution in [3.63, 3.8) is 0 Å². The number of benzene rings is 1. The molecular weight excluding hydrogens is 430 g/mol. The van der Waals surface area contributed by atoms with Crippen LogP contribution in [0.4, 0.5) is 5.69 Å². The minimum Gasteiger partial charge on any atom is -0.480 e. The number of nitrogens with zero attached hydrogens (tertiary/aromatic N) is 4. The van der Waals surface area contributed by atoms with Crippen LogP contribution in [0.5, 0.6) is 0 Å². The van der Waals surface area contributed by atoms with Gasteiger partial charge in [-0.25, -0.2) is 0 Å². The van der Waals surface area contributed by atoms with E-state index in [1.807, 2.05) is 34.1 Å². The van der Waals surface area contributed by atoms with Gasteiger partial charge in [0.15, 0.2) is 0 Å². The number of carboxylic acid groups (broad SMARTS) is 2. The van der Waals surface area contributed by atoms with E-state index in [0.29, 0.717) is 32.7 Å². The first-order valence-corrected chi connectivity index (χ1v) is 11.4. The summed E-state index contributed by atoms with van der Waals surface area (Å²) >= 11 is 4.65. The lowest BCUT2D eigenvalue weighted by Crippen LogP contribution is -2.42. The highest BCUT2D eigenvalue weighted by Gasteiger charge is 2.15. The van der Waals surface area contributed by atoms with Gasteiger partial charge in [0.2, 0.25) is 0 Å². The standard InChI is InChI=1S/C22H33N5O4S/c28-21(29)16-25-10-2-11-26(15-19-3-5-20(6-4-19)24-18-32)13-14-27(17-22(30)31)9-1-7-23-8-12-25/h3-6,23H,1-2,7-17H2,(H,28,29)(H,30,31). The van der Waals surface area contributed by atoms with Gasteiger partial charge in [0.1, 0.15) is 0 Å². The first-order chi connectivity index (χ1) is 15.5. The molecule has 0 bridgehead atoms. The summed E-state index contributed by atoms with van der Waals surface area (Å²) < 4.78 is 0. The second-order valence-electron chi connectivity index (χ2n) is 7.94. The highest BCUT2D eigenvalue weighted by Crippen LogP contribution is 2.14. The van der Waals surface area contributed by atoms with Gasteiger partial charge in [-0.3, -0.25) is 24.3 Å². The van der Waals surface area contributed by atoms with Crippen molar-refractivity contribution in [3.8, 4) is 0 Å². The molecule has 0 aromatic heterocycles. The third-order valence-electron chi connectivity index (χ3n) is 5.35. The maximum atomic E-state index is 11.3. The molecule has 1 aromatic carbocycles. The zero-order chi connectivity index (χ0) is 23.2. The Morgan fingerprint density at radius 2 is 1.47 bits per heavy atom. The summed E-state index contributed by atoms with van der Waals surface area (Å²) in [6, 6.07) is 7.82. The molecule has 0 spiro atoms. The number of aliphatic imine (C=N–C) groups is 1. The minimum absolute atomic E-state index is 0.0322. The Balaban J connectivity index is 2.06. The molecule has 10 heteroatoms. The van der Waals surface area contributed by atoms with Crippen molar-refractivity contribution < 1.29 is 19.8 Å². The minimum atomic E-state index is -0.815. The van der Waals surface area contributed by atoms with Crippen LogP contribution >= 0.6 is 12.2 Å². The topological polar surface area (TPSA) is 109 Å². The lowest BCUT2D eigenvalue weighted by Gasteiger charge is -2.29. The van der Waals surface area contributed by atoms with Crippen molar-refractivity contribution in [2.45, 2.75) is 19.4 Å². The second-order valence-corrected chi connectivity index (χ2v) is 8.13. The highest BCUT2D eigenvalue weighted by molar-refractivity contribution is 7.78. The number of carboxylic acids is 2. The van der Waals surface area contributed by atoms with Gasteiger partial charge >= 0.3 is 11.9 Å². The van der Waals surface area contributed by atoms with Crippen molar-refractivity contribution in [1.82, 2.24) is 20.0 Å². The number of aliphatic carboxylic acids is 2. The van der Waals surface area contributed by atoms with Crippen LogP contribution < -0.4 is 5.32 Å². The quantitative estimate of drug-likeness (QED) is 0.408. The Morgan fingerprint density at radius 1 is 0.875 bits per heavy atom. The summed E-state index contributed by atoms with van der Waals surface area (Å²) in [6.45, 7) is 6.56. The molecule has 0 aliphatic carbocycles. The third-order valence-corrected chi connectivity index (χ3v) is 5.44. The zero-order valence-electron chi connectivity index (χ0n) is 18.4. The third kappa shape index (κ3) is 10.9. The normalized spacial score (nSPS) is 18.4. The monoisotopic (exact) mass is 463 g/mol. The van der Waals surface area contributed by atoms with Crippen molar-refractivity contribution in [1.29, 1.82) is 0 Å². The fraction of sp³-hybridized carbons (Fsp3) is 0.591. The first kappa shape index (κ1) is 26.1. The summed E-state index contributed by atoms with van der Waals surface area (Å²) in [6.07, 6.45) is 1.67. The molecule has 1 saturated heterocycles. The molecule has 0 unspecified atom stereocenters. The fourth-order valence-corrected chi connectivity index (χ4v) is 3.88. The van der Waals surface area contributed by atoms with E-state index in [0.717, 1.165) is 50.3 Å². The van der Waals surface area contributed by atoms with Gasteiger partial charge in [0.25, 0.3) is 0 Å². The lowest BCUT2D eigenvalue weighted by molar-refractivity contribution is -0.139. The highest BCUT2D eigenvalue weighted by atomic mass is 32.1. The average molecular weight is 464 g/mol. The molecule has 0 radical (unpaired) electrons. The molecule has 9 nitrogen and oxygen atoms in total. The molecular formula is C22H33N5O4S. The molecule has 1 heterocycles. The van der Waals surface area contributed by atoms with Crippen molar-refractivity contribution in [2.75, 3.05) is 65.4 Å². The maximum Gasteiger partial charge on any atom is 0.317 e. The Kier molecular flexibility index (Phi) is 12.0. The van der Waals surface area contributed by atoms with E-state index in [9.17, 15) is 19.8 Å². The van der Waals surface area contributed by atoms with Crippen molar-refractivity contribution >= 4 is 35.0 Å². The van der Waals surface area contributed by atoms with Gasteiger partial charge in [-0.2, -0.15) is 4.99 Å². The van der Waals surface area contributed by atoms with Gasteiger partial charge in [0.05, 0.1) is 23.9 Å². The van der Waals surface area contributed by atoms with E-state index in [2.05, 4.69) is 32.6 Å². The molecule has 32 heavy (non-hydrogen) atoms. The number of hydrogen-bond donors (Lipinski definition) is 3. The molecule has 0 saturated carbocycles. The van der Waals surface area contributed by atoms with Gasteiger partial charge in [-0.15, -0.1) is 0 Å². The molecule has 176 valence electrons. The van der Waals surface area contributed by atoms with Crippen molar-refractivity contribution in [2.24, 2.45) is 4.99 Å². The summed E-state index contributed by atoms with van der Waals surface area (Å²) in [5, 5.41) is 24.2. The van der Waals surface area contributed by atoms with Crippen LogP contribution in [-0.4, -0.2) is 107 Å². The summed E-state index contributed by atoms with van der Waals surface area (Å²) in [5.41, 5.74) is 1.89. The Labute approximate surface area is 194 Å². The predicted molar refractivity (Wildman–Crippen MR) is 127 cm³/mol. The SMILES string of the molecule is O=C(O)CN1CCCN(Cc2ccc(N=C=S)cc2)CCN(CC(=O)O)CCCNCC1. The van der Waals surface area contributed by atoms with Gasteiger partial charge in [-0.05, 0) is 62.4 Å². The number of hydrogen-bond acceptors (Lipinski definition) is 8.